The molecular formula is C12H18N8O. The molecule has 112 valence electrons. The second kappa shape index (κ2) is 6.00. The highest BCUT2D eigenvalue weighted by molar-refractivity contribution is 5.41. The van der Waals surface area contributed by atoms with Crippen molar-refractivity contribution in [1.82, 2.24) is 29.7 Å². The minimum atomic E-state index is 0.449. The van der Waals surface area contributed by atoms with Gasteiger partial charge in [0.05, 0.1) is 6.61 Å². The van der Waals surface area contributed by atoms with Gasteiger partial charge in [-0.3, -0.25) is 0 Å². The number of methoxy groups -OCH3 is 1. The van der Waals surface area contributed by atoms with Crippen molar-refractivity contribution in [2.24, 2.45) is 0 Å². The molecule has 1 aliphatic carbocycles. The fourth-order valence-electron chi connectivity index (χ4n) is 2.03. The Kier molecular flexibility index (Phi) is 3.91. The van der Waals surface area contributed by atoms with E-state index in [9.17, 15) is 0 Å². The minimum Gasteiger partial charge on any atom is -0.383 e. The predicted octanol–water partition coefficient (Wildman–Crippen LogP) is 0.109. The summed E-state index contributed by atoms with van der Waals surface area (Å²) in [4.78, 5) is 19.3. The third-order valence-corrected chi connectivity index (χ3v) is 3.24. The van der Waals surface area contributed by atoms with Crippen LogP contribution in [0.15, 0.2) is 12.7 Å². The molecule has 3 rings (SSSR count). The van der Waals surface area contributed by atoms with Crippen LogP contribution in [0.1, 0.15) is 12.8 Å². The van der Waals surface area contributed by atoms with Crippen LogP contribution < -0.4 is 10.2 Å². The maximum absolute atomic E-state index is 5.17. The number of anilines is 2. The van der Waals surface area contributed by atoms with E-state index in [4.69, 9.17) is 4.74 Å². The van der Waals surface area contributed by atoms with Crippen LogP contribution in [0.25, 0.3) is 5.95 Å². The molecule has 1 saturated carbocycles. The van der Waals surface area contributed by atoms with Gasteiger partial charge in [-0.25, -0.2) is 4.98 Å². The van der Waals surface area contributed by atoms with E-state index in [-0.39, 0.29) is 0 Å². The highest BCUT2D eigenvalue weighted by Crippen LogP contribution is 2.30. The number of aromatic nitrogens is 6. The van der Waals surface area contributed by atoms with Crippen molar-refractivity contribution >= 4 is 11.9 Å². The minimum absolute atomic E-state index is 0.449. The van der Waals surface area contributed by atoms with Crippen molar-refractivity contribution in [3.63, 3.8) is 0 Å². The lowest BCUT2D eigenvalue weighted by atomic mass is 10.5. The molecule has 2 aromatic rings. The van der Waals surface area contributed by atoms with E-state index in [0.717, 1.165) is 19.4 Å². The van der Waals surface area contributed by atoms with Gasteiger partial charge in [0.15, 0.2) is 0 Å². The third kappa shape index (κ3) is 3.07. The lowest BCUT2D eigenvalue weighted by molar-refractivity contribution is 0.204. The Balaban J connectivity index is 1.94. The van der Waals surface area contributed by atoms with Gasteiger partial charge in [0.1, 0.15) is 12.7 Å². The standard InChI is InChI=1S/C12H18N8O/c1-13-10-16-11(19(5-6-21-2)9-3-4-9)18-12(17-10)20-8-14-7-15-20/h7-9H,3-6H2,1-2H3,(H,13,16,17,18). The number of ether oxygens (including phenoxy) is 1. The van der Waals surface area contributed by atoms with Gasteiger partial charge in [0, 0.05) is 26.7 Å². The Hall–Kier alpha value is -2.29. The molecule has 9 heteroatoms. The number of hydrogen-bond donors (Lipinski definition) is 1. The molecule has 0 saturated heterocycles. The molecule has 0 aromatic carbocycles. The van der Waals surface area contributed by atoms with Gasteiger partial charge in [-0.1, -0.05) is 0 Å². The van der Waals surface area contributed by atoms with Gasteiger partial charge in [-0.05, 0) is 12.8 Å². The Labute approximate surface area is 122 Å². The normalized spacial score (nSPS) is 14.2. The Morgan fingerprint density at radius 1 is 1.38 bits per heavy atom. The van der Waals surface area contributed by atoms with Crippen LogP contribution in [-0.4, -0.2) is 63.1 Å². The van der Waals surface area contributed by atoms with Gasteiger partial charge in [-0.15, -0.1) is 0 Å². The average Bonchev–Trinajstić information content (AvgIpc) is 3.20. The fourth-order valence-corrected chi connectivity index (χ4v) is 2.03. The highest BCUT2D eigenvalue weighted by Gasteiger charge is 2.31. The van der Waals surface area contributed by atoms with E-state index in [1.165, 1.54) is 11.0 Å². The summed E-state index contributed by atoms with van der Waals surface area (Å²) in [5, 5.41) is 7.03. The molecule has 0 atom stereocenters. The molecule has 2 aromatic heterocycles. The largest absolute Gasteiger partial charge is 0.383 e. The first-order valence-electron chi connectivity index (χ1n) is 6.86. The summed E-state index contributed by atoms with van der Waals surface area (Å²) in [5.41, 5.74) is 0. The van der Waals surface area contributed by atoms with Crippen molar-refractivity contribution in [3.8, 4) is 5.95 Å². The topological polar surface area (TPSA) is 93.9 Å². The number of hydrogen-bond acceptors (Lipinski definition) is 8. The summed E-state index contributed by atoms with van der Waals surface area (Å²) in [6, 6.07) is 0.482. The first-order chi connectivity index (χ1) is 10.3. The molecule has 1 aliphatic rings. The zero-order valence-corrected chi connectivity index (χ0v) is 12.1. The maximum atomic E-state index is 5.17. The summed E-state index contributed by atoms with van der Waals surface area (Å²) in [6.07, 6.45) is 5.33. The second-order valence-electron chi connectivity index (χ2n) is 4.77. The van der Waals surface area contributed by atoms with Crippen LogP contribution in [0, 0.1) is 0 Å². The number of nitrogens with zero attached hydrogens (tertiary/aromatic N) is 7. The lowest BCUT2D eigenvalue weighted by Gasteiger charge is -2.22. The van der Waals surface area contributed by atoms with Crippen LogP contribution in [-0.2, 0) is 4.74 Å². The predicted molar refractivity (Wildman–Crippen MR) is 76.5 cm³/mol. The fraction of sp³-hybridized carbons (Fsp3) is 0.583. The summed E-state index contributed by atoms with van der Waals surface area (Å²) >= 11 is 0. The van der Waals surface area contributed by atoms with Gasteiger partial charge < -0.3 is 15.0 Å². The van der Waals surface area contributed by atoms with Gasteiger partial charge in [-0.2, -0.15) is 24.7 Å². The Morgan fingerprint density at radius 2 is 2.24 bits per heavy atom. The summed E-state index contributed by atoms with van der Waals surface area (Å²) < 4.78 is 6.70. The summed E-state index contributed by atoms with van der Waals surface area (Å²) in [6.45, 7) is 1.39. The molecule has 21 heavy (non-hydrogen) atoms. The van der Waals surface area contributed by atoms with Crippen molar-refractivity contribution < 1.29 is 4.74 Å². The van der Waals surface area contributed by atoms with Crippen LogP contribution >= 0.6 is 0 Å². The van der Waals surface area contributed by atoms with Crippen molar-refractivity contribution in [3.05, 3.63) is 12.7 Å². The van der Waals surface area contributed by atoms with Crippen molar-refractivity contribution in [2.75, 3.05) is 37.5 Å². The Morgan fingerprint density at radius 3 is 2.86 bits per heavy atom. The van der Waals surface area contributed by atoms with Crippen LogP contribution in [0.3, 0.4) is 0 Å². The van der Waals surface area contributed by atoms with Crippen LogP contribution in [0.4, 0.5) is 11.9 Å². The maximum Gasteiger partial charge on any atom is 0.258 e. The number of rotatable bonds is 7. The molecular weight excluding hydrogens is 272 g/mol. The first kappa shape index (κ1) is 13.7. The lowest BCUT2D eigenvalue weighted by Crippen LogP contribution is -2.31. The van der Waals surface area contributed by atoms with E-state index in [2.05, 4.69) is 35.3 Å². The van der Waals surface area contributed by atoms with Crippen molar-refractivity contribution in [2.45, 2.75) is 18.9 Å². The van der Waals surface area contributed by atoms with E-state index < -0.39 is 0 Å². The molecule has 0 unspecified atom stereocenters. The third-order valence-electron chi connectivity index (χ3n) is 3.24. The SMILES string of the molecule is CNc1nc(N(CCOC)C2CC2)nc(-n2cncn2)n1. The number of nitrogens with one attached hydrogen (secondary N) is 1. The molecule has 2 heterocycles. The zero-order valence-electron chi connectivity index (χ0n) is 12.1. The molecule has 0 amide bonds. The first-order valence-corrected chi connectivity index (χ1v) is 6.86. The van der Waals surface area contributed by atoms with E-state index >= 15 is 0 Å². The van der Waals surface area contributed by atoms with Gasteiger partial charge in [0.25, 0.3) is 5.95 Å². The molecule has 0 bridgehead atoms. The molecule has 0 spiro atoms. The van der Waals surface area contributed by atoms with Gasteiger partial charge >= 0.3 is 0 Å². The quantitative estimate of drug-likeness (QED) is 0.768. The molecule has 9 nitrogen and oxygen atoms in total. The monoisotopic (exact) mass is 290 g/mol. The van der Waals surface area contributed by atoms with Crippen LogP contribution in [0.5, 0.6) is 0 Å². The van der Waals surface area contributed by atoms with Gasteiger partial charge in [0.2, 0.25) is 11.9 Å². The molecule has 0 radical (unpaired) electrons. The average molecular weight is 290 g/mol. The molecule has 0 aliphatic heterocycles. The Bertz CT molecular complexity index is 583. The summed E-state index contributed by atoms with van der Waals surface area (Å²) in [7, 11) is 3.47. The summed E-state index contributed by atoms with van der Waals surface area (Å²) in [5.74, 6) is 1.60. The van der Waals surface area contributed by atoms with E-state index in [1.807, 2.05) is 0 Å². The van der Waals surface area contributed by atoms with Crippen molar-refractivity contribution in [1.29, 1.82) is 0 Å². The molecule has 1 N–H and O–H groups in total. The van der Waals surface area contributed by atoms with E-state index in [0.29, 0.717) is 30.5 Å². The smallest absolute Gasteiger partial charge is 0.258 e. The second-order valence-corrected chi connectivity index (χ2v) is 4.77. The highest BCUT2D eigenvalue weighted by atomic mass is 16.5. The zero-order chi connectivity index (χ0) is 14.7. The molecule has 1 fully saturated rings. The van der Waals surface area contributed by atoms with E-state index in [1.54, 1.807) is 20.5 Å². The van der Waals surface area contributed by atoms with Crippen LogP contribution in [0.2, 0.25) is 0 Å².